The van der Waals surface area contributed by atoms with Crippen molar-refractivity contribution in [1.82, 2.24) is 3.93 Å². The third kappa shape index (κ3) is 4.50. The van der Waals surface area contributed by atoms with Crippen LogP contribution in [0.4, 0.5) is 5.69 Å². The van der Waals surface area contributed by atoms with Crippen molar-refractivity contribution < 1.29 is 9.90 Å². The average Bonchev–Trinajstić information content (AvgIpc) is 2.62. The van der Waals surface area contributed by atoms with E-state index in [1.165, 1.54) is 0 Å². The molecule has 1 atom stereocenters. The summed E-state index contributed by atoms with van der Waals surface area (Å²) in [6.07, 6.45) is 0.464. The Hall–Kier alpha value is -1.21. The Morgan fingerprint density at radius 3 is 2.60 bits per heavy atom. The predicted octanol–water partition coefficient (Wildman–Crippen LogP) is 4.01. The maximum Gasteiger partial charge on any atom is 0.164 e. The number of carbonyl (C=O) groups excluding carboxylic acids is 1. The molecule has 3 rings (SSSR count). The minimum absolute atomic E-state index is 0.00592. The number of anilines is 1. The third-order valence-electron chi connectivity index (χ3n) is 4.49. The molecule has 132 valence electrons. The zero-order valence-electron chi connectivity index (χ0n) is 13.7. The summed E-state index contributed by atoms with van der Waals surface area (Å²) in [6, 6.07) is 15.5. The molecule has 1 saturated heterocycles. The lowest BCUT2D eigenvalue weighted by Crippen LogP contribution is -2.51. The molecule has 25 heavy (non-hydrogen) atoms. The number of hydrogen-bond donors (Lipinski definition) is 1. The standard InChI is InChI=1S/C19H20Br2N2O2/c20-18-10-16(7-6-15(18)13-24)23-9-8-22(21)12-17(23)11-19(25)14-4-2-1-3-5-14/h1-7,10,17,24H,8-9,11-13H2. The Morgan fingerprint density at radius 1 is 1.16 bits per heavy atom. The van der Waals surface area contributed by atoms with E-state index >= 15 is 0 Å². The van der Waals surface area contributed by atoms with E-state index in [1.807, 2.05) is 48.5 Å². The molecule has 0 saturated carbocycles. The van der Waals surface area contributed by atoms with E-state index in [2.05, 4.69) is 40.9 Å². The second-order valence-electron chi connectivity index (χ2n) is 6.14. The van der Waals surface area contributed by atoms with Crippen molar-refractivity contribution in [3.8, 4) is 0 Å². The summed E-state index contributed by atoms with van der Waals surface area (Å²) < 4.78 is 2.98. The molecule has 1 fully saturated rings. The van der Waals surface area contributed by atoms with Gasteiger partial charge in [-0.25, -0.2) is 3.93 Å². The minimum atomic E-state index is 0.00592. The number of hydrogen-bond acceptors (Lipinski definition) is 4. The monoisotopic (exact) mass is 466 g/mol. The Labute approximate surface area is 164 Å². The van der Waals surface area contributed by atoms with Crippen LogP contribution in [0.1, 0.15) is 22.3 Å². The number of halogens is 2. The van der Waals surface area contributed by atoms with Gasteiger partial charge in [0.2, 0.25) is 0 Å². The molecule has 2 aromatic carbocycles. The van der Waals surface area contributed by atoms with Crippen molar-refractivity contribution in [3.63, 3.8) is 0 Å². The highest BCUT2D eigenvalue weighted by Crippen LogP contribution is 2.29. The molecular weight excluding hydrogens is 448 g/mol. The molecular formula is C19H20Br2N2O2. The summed E-state index contributed by atoms with van der Waals surface area (Å²) >= 11 is 7.09. The number of rotatable bonds is 5. The van der Waals surface area contributed by atoms with Gasteiger partial charge in [0, 0.05) is 64.0 Å². The number of Topliss-reactive ketones (excluding diaryl/α,β-unsaturated/α-hetero) is 1. The van der Waals surface area contributed by atoms with Crippen LogP contribution >= 0.6 is 32.1 Å². The summed E-state index contributed by atoms with van der Waals surface area (Å²) in [5.41, 5.74) is 2.68. The molecule has 1 heterocycles. The maximum absolute atomic E-state index is 12.7. The number of aliphatic hydroxyl groups is 1. The number of aliphatic hydroxyl groups excluding tert-OH is 1. The van der Waals surface area contributed by atoms with Crippen LogP contribution in [0.3, 0.4) is 0 Å². The first-order chi connectivity index (χ1) is 12.1. The molecule has 2 aromatic rings. The van der Waals surface area contributed by atoms with Gasteiger partial charge < -0.3 is 10.0 Å². The van der Waals surface area contributed by atoms with Crippen molar-refractivity contribution in [1.29, 1.82) is 0 Å². The summed E-state index contributed by atoms with van der Waals surface area (Å²) in [6.45, 7) is 2.50. The number of piperazine rings is 1. The highest BCUT2D eigenvalue weighted by atomic mass is 79.9. The summed E-state index contributed by atoms with van der Waals surface area (Å²) in [5.74, 6) is 0.157. The summed E-state index contributed by atoms with van der Waals surface area (Å²) in [4.78, 5) is 14.9. The van der Waals surface area contributed by atoms with Crippen LogP contribution in [0.25, 0.3) is 0 Å². The minimum Gasteiger partial charge on any atom is -0.392 e. The topological polar surface area (TPSA) is 43.8 Å². The van der Waals surface area contributed by atoms with Crippen LogP contribution in [0, 0.1) is 0 Å². The van der Waals surface area contributed by atoms with E-state index in [1.54, 1.807) is 0 Å². The van der Waals surface area contributed by atoms with Gasteiger partial charge in [0.25, 0.3) is 0 Å². The van der Waals surface area contributed by atoms with E-state index in [9.17, 15) is 9.90 Å². The lowest BCUT2D eigenvalue weighted by molar-refractivity contribution is 0.0967. The molecule has 0 bridgehead atoms. The first-order valence-corrected chi connectivity index (χ1v) is 9.73. The van der Waals surface area contributed by atoms with Gasteiger partial charge in [-0.15, -0.1) is 0 Å². The molecule has 1 unspecified atom stereocenters. The number of nitrogens with zero attached hydrogens (tertiary/aromatic N) is 2. The van der Waals surface area contributed by atoms with Gasteiger partial charge in [-0.2, -0.15) is 0 Å². The highest BCUT2D eigenvalue weighted by Gasteiger charge is 2.28. The van der Waals surface area contributed by atoms with Gasteiger partial charge in [0.1, 0.15) is 0 Å². The zero-order chi connectivity index (χ0) is 17.8. The lowest BCUT2D eigenvalue weighted by atomic mass is 10.0. The molecule has 6 heteroatoms. The fourth-order valence-corrected chi connectivity index (χ4v) is 4.12. The first-order valence-electron chi connectivity index (χ1n) is 8.23. The van der Waals surface area contributed by atoms with Gasteiger partial charge in [0.15, 0.2) is 5.78 Å². The van der Waals surface area contributed by atoms with E-state index in [0.29, 0.717) is 6.42 Å². The summed E-state index contributed by atoms with van der Waals surface area (Å²) in [5, 5.41) is 9.35. The molecule has 0 aromatic heterocycles. The maximum atomic E-state index is 12.7. The van der Waals surface area contributed by atoms with E-state index < -0.39 is 0 Å². The lowest BCUT2D eigenvalue weighted by Gasteiger charge is -2.40. The van der Waals surface area contributed by atoms with Gasteiger partial charge in [-0.05, 0) is 17.7 Å². The molecule has 1 N–H and O–H groups in total. The van der Waals surface area contributed by atoms with Crippen LogP contribution in [0.2, 0.25) is 0 Å². The first kappa shape index (κ1) is 18.6. The average molecular weight is 468 g/mol. The second kappa shape index (κ2) is 8.45. The van der Waals surface area contributed by atoms with E-state index in [-0.39, 0.29) is 18.4 Å². The molecule has 0 aliphatic carbocycles. The Balaban J connectivity index is 1.81. The molecule has 0 spiro atoms. The normalized spacial score (nSPS) is 18.4. The van der Waals surface area contributed by atoms with Crippen molar-refractivity contribution in [2.24, 2.45) is 0 Å². The molecule has 4 nitrogen and oxygen atoms in total. The van der Waals surface area contributed by atoms with Crippen LogP contribution in [0.5, 0.6) is 0 Å². The van der Waals surface area contributed by atoms with Crippen LogP contribution in [-0.4, -0.2) is 40.5 Å². The molecule has 0 radical (unpaired) electrons. The number of carbonyl (C=O) groups is 1. The van der Waals surface area contributed by atoms with Gasteiger partial charge >= 0.3 is 0 Å². The third-order valence-corrected chi connectivity index (χ3v) is 5.87. The number of benzene rings is 2. The van der Waals surface area contributed by atoms with Gasteiger partial charge in [-0.1, -0.05) is 52.3 Å². The van der Waals surface area contributed by atoms with Crippen LogP contribution in [0.15, 0.2) is 53.0 Å². The second-order valence-corrected chi connectivity index (χ2v) is 8.00. The largest absolute Gasteiger partial charge is 0.392 e. The quantitative estimate of drug-likeness (QED) is 0.532. The highest BCUT2D eigenvalue weighted by molar-refractivity contribution is 9.10. The fraction of sp³-hybridized carbons (Fsp3) is 0.316. The van der Waals surface area contributed by atoms with Gasteiger partial charge in [-0.3, -0.25) is 4.79 Å². The van der Waals surface area contributed by atoms with Crippen molar-refractivity contribution >= 4 is 43.5 Å². The fourth-order valence-electron chi connectivity index (χ4n) is 3.13. The van der Waals surface area contributed by atoms with Crippen molar-refractivity contribution in [2.45, 2.75) is 19.1 Å². The molecule has 0 amide bonds. The molecule has 1 aliphatic heterocycles. The smallest absolute Gasteiger partial charge is 0.164 e. The Bertz CT molecular complexity index is 739. The SMILES string of the molecule is O=C(CC1CN(Br)CCN1c1ccc(CO)c(Br)c1)c1ccccc1. The zero-order valence-corrected chi connectivity index (χ0v) is 16.9. The molecule has 1 aliphatic rings. The van der Waals surface area contributed by atoms with Gasteiger partial charge in [0.05, 0.1) is 6.61 Å². The predicted molar refractivity (Wildman–Crippen MR) is 107 cm³/mol. The van der Waals surface area contributed by atoms with E-state index in [0.717, 1.165) is 40.9 Å². The Kier molecular flexibility index (Phi) is 6.28. The van der Waals surface area contributed by atoms with E-state index in [4.69, 9.17) is 0 Å². The number of ketones is 1. The van der Waals surface area contributed by atoms with Crippen molar-refractivity contribution in [2.75, 3.05) is 24.5 Å². The Morgan fingerprint density at radius 2 is 1.92 bits per heavy atom. The van der Waals surface area contributed by atoms with Crippen LogP contribution < -0.4 is 4.90 Å². The summed E-state index contributed by atoms with van der Waals surface area (Å²) in [7, 11) is 0. The van der Waals surface area contributed by atoms with Crippen molar-refractivity contribution in [3.05, 3.63) is 64.1 Å². The van der Waals surface area contributed by atoms with Crippen LogP contribution in [-0.2, 0) is 6.61 Å².